The third-order valence-electron chi connectivity index (χ3n) is 4.43. The van der Waals surface area contributed by atoms with Crippen LogP contribution in [0.25, 0.3) is 10.9 Å². The average Bonchev–Trinajstić information content (AvgIpc) is 2.91. The molecule has 0 saturated carbocycles. The second-order valence-electron chi connectivity index (χ2n) is 5.95. The lowest BCUT2D eigenvalue weighted by Gasteiger charge is -2.33. The van der Waals surface area contributed by atoms with Gasteiger partial charge < -0.3 is 14.8 Å². The highest BCUT2D eigenvalue weighted by molar-refractivity contribution is 5.99. The van der Waals surface area contributed by atoms with Crippen molar-refractivity contribution in [3.63, 3.8) is 0 Å². The highest BCUT2D eigenvalue weighted by atomic mass is 16.2. The van der Waals surface area contributed by atoms with Crippen LogP contribution in [0.2, 0.25) is 0 Å². The number of hydrogen-bond acceptors (Lipinski definition) is 2. The number of benzene rings is 1. The summed E-state index contributed by atoms with van der Waals surface area (Å²) in [5, 5.41) is 1.15. The van der Waals surface area contributed by atoms with Crippen LogP contribution >= 0.6 is 0 Å². The van der Waals surface area contributed by atoms with Crippen LogP contribution in [-0.4, -0.2) is 53.4 Å². The molecule has 2 aromatic rings. The van der Waals surface area contributed by atoms with Gasteiger partial charge in [-0.3, -0.25) is 4.79 Å². The van der Waals surface area contributed by atoms with Gasteiger partial charge >= 0.3 is 0 Å². The van der Waals surface area contributed by atoms with E-state index in [0.29, 0.717) is 5.69 Å². The van der Waals surface area contributed by atoms with E-state index in [1.165, 1.54) is 11.1 Å². The van der Waals surface area contributed by atoms with Gasteiger partial charge in [0.25, 0.3) is 5.91 Å². The van der Waals surface area contributed by atoms with Crippen LogP contribution in [0.5, 0.6) is 0 Å². The lowest BCUT2D eigenvalue weighted by molar-refractivity contribution is 0.0638. The minimum atomic E-state index is 0.124. The summed E-state index contributed by atoms with van der Waals surface area (Å²) in [5.41, 5.74) is 4.21. The van der Waals surface area contributed by atoms with E-state index >= 15 is 0 Å². The number of aromatic amines is 1. The average molecular weight is 285 g/mol. The first-order valence-corrected chi connectivity index (χ1v) is 7.70. The molecule has 0 radical (unpaired) electrons. The maximum atomic E-state index is 12.6. The second kappa shape index (κ2) is 5.53. The number of nitrogens with one attached hydrogen (secondary N) is 1. The quantitative estimate of drug-likeness (QED) is 0.921. The molecule has 0 bridgehead atoms. The third kappa shape index (κ3) is 2.68. The van der Waals surface area contributed by atoms with Crippen LogP contribution in [-0.2, 0) is 0 Å². The second-order valence-corrected chi connectivity index (χ2v) is 5.95. The number of nitrogens with zero attached hydrogens (tertiary/aromatic N) is 2. The number of rotatable bonds is 2. The van der Waals surface area contributed by atoms with E-state index in [-0.39, 0.29) is 5.91 Å². The summed E-state index contributed by atoms with van der Waals surface area (Å²) >= 11 is 0. The number of piperazine rings is 1. The normalized spacial score (nSPS) is 16.6. The Morgan fingerprint density at radius 1 is 1.14 bits per heavy atom. The molecule has 112 valence electrons. The van der Waals surface area contributed by atoms with E-state index < -0.39 is 0 Å². The molecule has 2 heterocycles. The Labute approximate surface area is 125 Å². The van der Waals surface area contributed by atoms with Crippen LogP contribution in [0.3, 0.4) is 0 Å². The number of fused-ring (bicyclic) bond motifs is 1. The highest BCUT2D eigenvalue weighted by Crippen LogP contribution is 2.22. The molecule has 3 rings (SSSR count). The summed E-state index contributed by atoms with van der Waals surface area (Å²) in [6, 6.07) is 6.26. The molecule has 1 amide bonds. The molecule has 4 heteroatoms. The zero-order chi connectivity index (χ0) is 15.0. The number of amides is 1. The highest BCUT2D eigenvalue weighted by Gasteiger charge is 2.22. The number of carbonyl (C=O) groups excluding carboxylic acids is 1. The maximum absolute atomic E-state index is 12.6. The Bertz CT molecular complexity index is 666. The van der Waals surface area contributed by atoms with Gasteiger partial charge in [-0.05, 0) is 43.7 Å². The van der Waals surface area contributed by atoms with Crippen molar-refractivity contribution < 1.29 is 4.79 Å². The summed E-state index contributed by atoms with van der Waals surface area (Å²) in [6.07, 6.45) is 0. The van der Waals surface area contributed by atoms with Crippen molar-refractivity contribution in [1.82, 2.24) is 14.8 Å². The van der Waals surface area contributed by atoms with Crippen molar-refractivity contribution >= 4 is 16.8 Å². The van der Waals surface area contributed by atoms with Crippen LogP contribution < -0.4 is 0 Å². The zero-order valence-electron chi connectivity index (χ0n) is 13.1. The van der Waals surface area contributed by atoms with E-state index in [0.717, 1.165) is 43.6 Å². The van der Waals surface area contributed by atoms with E-state index in [2.05, 4.69) is 42.8 Å². The van der Waals surface area contributed by atoms with Gasteiger partial charge in [-0.1, -0.05) is 13.0 Å². The van der Waals surface area contributed by atoms with Crippen molar-refractivity contribution in [3.8, 4) is 0 Å². The number of aryl methyl sites for hydroxylation is 2. The SMILES string of the molecule is CCN1CCN(C(=O)c2cc3c(C)cc(C)cc3[nH]2)CC1. The minimum Gasteiger partial charge on any atom is -0.351 e. The van der Waals surface area contributed by atoms with Crippen molar-refractivity contribution in [1.29, 1.82) is 0 Å². The lowest BCUT2D eigenvalue weighted by Crippen LogP contribution is -2.48. The largest absolute Gasteiger partial charge is 0.351 e. The molecule has 4 nitrogen and oxygen atoms in total. The maximum Gasteiger partial charge on any atom is 0.270 e. The van der Waals surface area contributed by atoms with E-state index in [1.807, 2.05) is 11.0 Å². The predicted molar refractivity (Wildman–Crippen MR) is 85.8 cm³/mol. The summed E-state index contributed by atoms with van der Waals surface area (Å²) in [4.78, 5) is 20.3. The molecule has 1 aromatic carbocycles. The molecule has 1 aromatic heterocycles. The third-order valence-corrected chi connectivity index (χ3v) is 4.43. The molecule has 1 fully saturated rings. The molecule has 0 unspecified atom stereocenters. The molecular weight excluding hydrogens is 262 g/mol. The van der Waals surface area contributed by atoms with Crippen LogP contribution in [0.15, 0.2) is 18.2 Å². The number of carbonyl (C=O) groups is 1. The summed E-state index contributed by atoms with van der Waals surface area (Å²) in [7, 11) is 0. The van der Waals surface area contributed by atoms with Gasteiger partial charge in [-0.15, -0.1) is 0 Å². The van der Waals surface area contributed by atoms with Gasteiger partial charge in [0.05, 0.1) is 0 Å². The molecule has 1 aliphatic heterocycles. The Hall–Kier alpha value is -1.81. The first kappa shape index (κ1) is 14.1. The van der Waals surface area contributed by atoms with Crippen LogP contribution in [0.4, 0.5) is 0 Å². The molecule has 0 aliphatic carbocycles. The Balaban J connectivity index is 1.84. The number of hydrogen-bond donors (Lipinski definition) is 1. The topological polar surface area (TPSA) is 39.3 Å². The lowest BCUT2D eigenvalue weighted by atomic mass is 10.1. The Morgan fingerprint density at radius 3 is 2.52 bits per heavy atom. The van der Waals surface area contributed by atoms with Crippen molar-refractivity contribution in [2.45, 2.75) is 20.8 Å². The van der Waals surface area contributed by atoms with Crippen molar-refractivity contribution in [2.75, 3.05) is 32.7 Å². The summed E-state index contributed by atoms with van der Waals surface area (Å²) in [6.45, 7) is 11.0. The number of aromatic nitrogens is 1. The van der Waals surface area contributed by atoms with Gasteiger partial charge in [0.1, 0.15) is 5.69 Å². The van der Waals surface area contributed by atoms with E-state index in [9.17, 15) is 4.79 Å². The zero-order valence-corrected chi connectivity index (χ0v) is 13.1. The molecule has 0 spiro atoms. The van der Waals surface area contributed by atoms with Crippen molar-refractivity contribution in [2.24, 2.45) is 0 Å². The van der Waals surface area contributed by atoms with Gasteiger partial charge in [0, 0.05) is 37.1 Å². The first-order valence-electron chi connectivity index (χ1n) is 7.70. The summed E-state index contributed by atoms with van der Waals surface area (Å²) < 4.78 is 0. The Kier molecular flexibility index (Phi) is 3.72. The summed E-state index contributed by atoms with van der Waals surface area (Å²) in [5.74, 6) is 0.124. The van der Waals surface area contributed by atoms with E-state index in [1.54, 1.807) is 0 Å². The molecule has 1 aliphatic rings. The van der Waals surface area contributed by atoms with Crippen LogP contribution in [0, 0.1) is 13.8 Å². The van der Waals surface area contributed by atoms with E-state index in [4.69, 9.17) is 0 Å². The predicted octanol–water partition coefficient (Wildman–Crippen LogP) is 2.56. The van der Waals surface area contributed by atoms with Crippen LogP contribution in [0.1, 0.15) is 28.5 Å². The van der Waals surface area contributed by atoms with Crippen molar-refractivity contribution in [3.05, 3.63) is 35.0 Å². The number of likely N-dealkylation sites (N-methyl/N-ethyl adjacent to an activating group) is 1. The fourth-order valence-corrected chi connectivity index (χ4v) is 3.15. The number of H-pyrrole nitrogens is 1. The fourth-order valence-electron chi connectivity index (χ4n) is 3.15. The Morgan fingerprint density at radius 2 is 1.86 bits per heavy atom. The molecule has 21 heavy (non-hydrogen) atoms. The monoisotopic (exact) mass is 285 g/mol. The van der Waals surface area contributed by atoms with Gasteiger partial charge in [-0.25, -0.2) is 0 Å². The smallest absolute Gasteiger partial charge is 0.270 e. The van der Waals surface area contributed by atoms with Gasteiger partial charge in [0.2, 0.25) is 0 Å². The molecule has 1 N–H and O–H groups in total. The van der Waals surface area contributed by atoms with Gasteiger partial charge in [0.15, 0.2) is 0 Å². The first-order chi connectivity index (χ1) is 10.1. The van der Waals surface area contributed by atoms with Gasteiger partial charge in [-0.2, -0.15) is 0 Å². The molecule has 0 atom stereocenters. The molecule has 1 saturated heterocycles. The standard InChI is InChI=1S/C17H23N3O/c1-4-19-5-7-20(8-6-19)17(21)16-11-14-13(3)9-12(2)10-15(14)18-16/h9-11,18H,4-8H2,1-3H3. The molecular formula is C17H23N3O. The fraction of sp³-hybridized carbons (Fsp3) is 0.471. The minimum absolute atomic E-state index is 0.124.